The number of aliphatic carboxylic acids is 1. The van der Waals surface area contributed by atoms with Crippen LogP contribution in [0.5, 0.6) is 0 Å². The summed E-state index contributed by atoms with van der Waals surface area (Å²) in [4.78, 5) is 11.4. The molecule has 1 aromatic carbocycles. The summed E-state index contributed by atoms with van der Waals surface area (Å²) in [7, 11) is 0. The molecule has 1 saturated carbocycles. The van der Waals surface area contributed by atoms with Crippen LogP contribution in [-0.2, 0) is 10.4 Å². The molecule has 0 amide bonds. The molecule has 0 bridgehead atoms. The third-order valence-corrected chi connectivity index (χ3v) is 3.54. The summed E-state index contributed by atoms with van der Waals surface area (Å²) in [5, 5.41) is 29.3. The van der Waals surface area contributed by atoms with Gasteiger partial charge in [-0.1, -0.05) is 30.3 Å². The molecule has 1 fully saturated rings. The molecule has 1 aliphatic carbocycles. The Bertz CT molecular complexity index is 403. The Hall–Kier alpha value is -1.39. The van der Waals surface area contributed by atoms with E-state index in [0.717, 1.165) is 0 Å². The lowest BCUT2D eigenvalue weighted by molar-refractivity contribution is -0.166. The highest BCUT2D eigenvalue weighted by molar-refractivity contribution is 5.79. The SMILES string of the molecule is O=C(O)[C@@](O)(c1ccccc1)C1CCC(O)C1. The van der Waals surface area contributed by atoms with Gasteiger partial charge in [0.15, 0.2) is 5.60 Å². The van der Waals surface area contributed by atoms with Crippen molar-refractivity contribution in [1.29, 1.82) is 0 Å². The lowest BCUT2D eigenvalue weighted by Crippen LogP contribution is -2.42. The van der Waals surface area contributed by atoms with Crippen molar-refractivity contribution in [2.24, 2.45) is 5.92 Å². The number of benzene rings is 1. The van der Waals surface area contributed by atoms with Crippen LogP contribution in [0.2, 0.25) is 0 Å². The maximum Gasteiger partial charge on any atom is 0.340 e. The van der Waals surface area contributed by atoms with Crippen molar-refractivity contribution in [2.45, 2.75) is 31.0 Å². The average molecular weight is 236 g/mol. The van der Waals surface area contributed by atoms with Gasteiger partial charge < -0.3 is 15.3 Å². The van der Waals surface area contributed by atoms with Gasteiger partial charge in [-0.3, -0.25) is 0 Å². The molecule has 0 spiro atoms. The van der Waals surface area contributed by atoms with E-state index < -0.39 is 23.6 Å². The smallest absolute Gasteiger partial charge is 0.340 e. The Balaban J connectivity index is 2.37. The molecule has 2 unspecified atom stereocenters. The van der Waals surface area contributed by atoms with Gasteiger partial charge in [0.1, 0.15) is 0 Å². The summed E-state index contributed by atoms with van der Waals surface area (Å²) in [5.41, 5.74) is -1.51. The summed E-state index contributed by atoms with van der Waals surface area (Å²) in [6.45, 7) is 0. The number of carboxylic acid groups (broad SMARTS) is 1. The van der Waals surface area contributed by atoms with Crippen molar-refractivity contribution in [3.05, 3.63) is 35.9 Å². The number of rotatable bonds is 3. The highest BCUT2D eigenvalue weighted by atomic mass is 16.4. The number of carboxylic acids is 1. The molecular weight excluding hydrogens is 220 g/mol. The van der Waals surface area contributed by atoms with Gasteiger partial charge in [0, 0.05) is 5.92 Å². The number of hydrogen-bond acceptors (Lipinski definition) is 3. The fourth-order valence-corrected chi connectivity index (χ4v) is 2.56. The van der Waals surface area contributed by atoms with E-state index in [1.54, 1.807) is 30.3 Å². The van der Waals surface area contributed by atoms with E-state index in [1.807, 2.05) is 0 Å². The second-order valence-corrected chi connectivity index (χ2v) is 4.60. The van der Waals surface area contributed by atoms with Crippen LogP contribution in [0.4, 0.5) is 0 Å². The maximum absolute atomic E-state index is 11.4. The largest absolute Gasteiger partial charge is 0.479 e. The monoisotopic (exact) mass is 236 g/mol. The molecule has 0 aliphatic heterocycles. The van der Waals surface area contributed by atoms with Crippen LogP contribution >= 0.6 is 0 Å². The third-order valence-electron chi connectivity index (χ3n) is 3.54. The first-order valence-corrected chi connectivity index (χ1v) is 5.74. The normalized spacial score (nSPS) is 27.6. The molecule has 92 valence electrons. The molecule has 4 heteroatoms. The van der Waals surface area contributed by atoms with Crippen LogP contribution in [0, 0.1) is 5.92 Å². The van der Waals surface area contributed by atoms with E-state index in [2.05, 4.69) is 0 Å². The zero-order valence-corrected chi connectivity index (χ0v) is 9.41. The Morgan fingerprint density at radius 2 is 1.88 bits per heavy atom. The van der Waals surface area contributed by atoms with E-state index in [0.29, 0.717) is 24.8 Å². The molecule has 3 atom stereocenters. The van der Waals surface area contributed by atoms with Crippen molar-refractivity contribution < 1.29 is 20.1 Å². The van der Waals surface area contributed by atoms with Crippen LogP contribution in [-0.4, -0.2) is 27.4 Å². The van der Waals surface area contributed by atoms with Crippen LogP contribution in [0.3, 0.4) is 0 Å². The second-order valence-electron chi connectivity index (χ2n) is 4.60. The number of carbonyl (C=O) groups is 1. The average Bonchev–Trinajstić information content (AvgIpc) is 2.76. The summed E-state index contributed by atoms with van der Waals surface area (Å²) in [6, 6.07) is 8.40. The zero-order valence-electron chi connectivity index (χ0n) is 9.41. The minimum absolute atomic E-state index is 0.331. The van der Waals surface area contributed by atoms with E-state index >= 15 is 0 Å². The fourth-order valence-electron chi connectivity index (χ4n) is 2.56. The minimum atomic E-state index is -1.89. The third kappa shape index (κ3) is 2.06. The molecule has 0 heterocycles. The van der Waals surface area contributed by atoms with E-state index in [4.69, 9.17) is 0 Å². The fraction of sp³-hybridized carbons (Fsp3) is 0.462. The molecule has 0 saturated heterocycles. The molecule has 2 rings (SSSR count). The van der Waals surface area contributed by atoms with E-state index in [-0.39, 0.29) is 0 Å². The van der Waals surface area contributed by atoms with Crippen molar-refractivity contribution in [3.63, 3.8) is 0 Å². The lowest BCUT2D eigenvalue weighted by Gasteiger charge is -2.30. The molecule has 1 aliphatic rings. The summed E-state index contributed by atoms with van der Waals surface area (Å²) < 4.78 is 0. The Kier molecular flexibility index (Phi) is 3.17. The highest BCUT2D eigenvalue weighted by Gasteiger charge is 2.48. The van der Waals surface area contributed by atoms with Crippen LogP contribution in [0.15, 0.2) is 30.3 Å². The molecule has 0 radical (unpaired) electrons. The molecule has 17 heavy (non-hydrogen) atoms. The predicted molar refractivity (Wildman–Crippen MR) is 61.3 cm³/mol. The Morgan fingerprint density at radius 1 is 1.24 bits per heavy atom. The van der Waals surface area contributed by atoms with Gasteiger partial charge in [0.2, 0.25) is 0 Å². The second kappa shape index (κ2) is 4.47. The molecule has 4 nitrogen and oxygen atoms in total. The summed E-state index contributed by atoms with van der Waals surface area (Å²) in [5.74, 6) is -1.68. The van der Waals surface area contributed by atoms with Gasteiger partial charge in [-0.15, -0.1) is 0 Å². The minimum Gasteiger partial charge on any atom is -0.479 e. The van der Waals surface area contributed by atoms with Gasteiger partial charge >= 0.3 is 5.97 Å². The van der Waals surface area contributed by atoms with E-state index in [9.17, 15) is 20.1 Å². The van der Waals surface area contributed by atoms with Crippen LogP contribution < -0.4 is 0 Å². The first-order chi connectivity index (χ1) is 8.05. The molecule has 1 aromatic rings. The van der Waals surface area contributed by atoms with Crippen LogP contribution in [0.25, 0.3) is 0 Å². The van der Waals surface area contributed by atoms with Gasteiger partial charge in [-0.25, -0.2) is 4.79 Å². The first-order valence-electron chi connectivity index (χ1n) is 5.74. The molecular formula is C13H16O4. The van der Waals surface area contributed by atoms with E-state index in [1.165, 1.54) is 0 Å². The number of hydrogen-bond donors (Lipinski definition) is 3. The van der Waals surface area contributed by atoms with Crippen molar-refractivity contribution in [1.82, 2.24) is 0 Å². The lowest BCUT2D eigenvalue weighted by atomic mass is 9.80. The number of aliphatic hydroxyl groups excluding tert-OH is 1. The predicted octanol–water partition coefficient (Wildman–Crippen LogP) is 1.12. The zero-order chi connectivity index (χ0) is 12.5. The molecule has 0 aromatic heterocycles. The summed E-state index contributed by atoms with van der Waals surface area (Å²) >= 11 is 0. The van der Waals surface area contributed by atoms with Gasteiger partial charge in [-0.05, 0) is 24.8 Å². The van der Waals surface area contributed by atoms with Crippen LogP contribution in [0.1, 0.15) is 24.8 Å². The van der Waals surface area contributed by atoms with Gasteiger partial charge in [0.25, 0.3) is 0 Å². The highest BCUT2D eigenvalue weighted by Crippen LogP contribution is 2.40. The van der Waals surface area contributed by atoms with Crippen molar-refractivity contribution >= 4 is 5.97 Å². The summed E-state index contributed by atoms with van der Waals surface area (Å²) in [6.07, 6.45) is 0.901. The van der Waals surface area contributed by atoms with Gasteiger partial charge in [-0.2, -0.15) is 0 Å². The molecule has 3 N–H and O–H groups in total. The van der Waals surface area contributed by atoms with Crippen molar-refractivity contribution in [3.8, 4) is 0 Å². The first kappa shape index (κ1) is 12.1. The maximum atomic E-state index is 11.4. The topological polar surface area (TPSA) is 77.8 Å². The van der Waals surface area contributed by atoms with Gasteiger partial charge in [0.05, 0.1) is 6.10 Å². The quantitative estimate of drug-likeness (QED) is 0.735. The standard InChI is InChI=1S/C13H16O4/c14-11-7-6-10(8-11)13(17,12(15)16)9-4-2-1-3-5-9/h1-5,10-11,14,17H,6-8H2,(H,15,16)/t10?,11?,13-/m1/s1. The number of aliphatic hydroxyl groups is 2. The Morgan fingerprint density at radius 3 is 2.35 bits per heavy atom. The Labute approximate surface area is 99.5 Å². The van der Waals surface area contributed by atoms with Crippen molar-refractivity contribution in [2.75, 3.05) is 0 Å².